The molecule has 0 aromatic heterocycles. The van der Waals surface area contributed by atoms with Gasteiger partial charge >= 0.3 is 0 Å². The highest BCUT2D eigenvalue weighted by molar-refractivity contribution is 6.02. The van der Waals surface area contributed by atoms with Crippen LogP contribution in [0.2, 0.25) is 0 Å². The lowest BCUT2D eigenvalue weighted by Gasteiger charge is -2.19. The molecule has 1 unspecified atom stereocenters. The highest BCUT2D eigenvalue weighted by Crippen LogP contribution is 2.11. The van der Waals surface area contributed by atoms with Gasteiger partial charge in [-0.2, -0.15) is 0 Å². The molecule has 6 nitrogen and oxygen atoms in total. The first-order valence-corrected chi connectivity index (χ1v) is 6.76. The zero-order valence-electron chi connectivity index (χ0n) is 11.6. The van der Waals surface area contributed by atoms with Gasteiger partial charge in [0.15, 0.2) is 0 Å². The van der Waals surface area contributed by atoms with Gasteiger partial charge < -0.3 is 11.1 Å². The normalized spacial score (nSPS) is 17.2. The zero-order valence-corrected chi connectivity index (χ0v) is 11.6. The molecule has 0 aromatic carbocycles. The van der Waals surface area contributed by atoms with E-state index in [-0.39, 0.29) is 49.6 Å². The maximum absolute atomic E-state index is 11.7. The molecule has 0 aromatic rings. The average Bonchev–Trinajstić information content (AvgIpc) is 2.65. The van der Waals surface area contributed by atoms with E-state index in [0.29, 0.717) is 12.5 Å². The van der Waals surface area contributed by atoms with Crippen molar-refractivity contribution in [3.05, 3.63) is 0 Å². The smallest absolute Gasteiger partial charge is 0.229 e. The highest BCUT2D eigenvalue weighted by Gasteiger charge is 2.28. The summed E-state index contributed by atoms with van der Waals surface area (Å²) < 4.78 is 0. The molecule has 1 fully saturated rings. The first-order chi connectivity index (χ1) is 8.93. The summed E-state index contributed by atoms with van der Waals surface area (Å²) >= 11 is 0. The minimum atomic E-state index is -0.185. The summed E-state index contributed by atoms with van der Waals surface area (Å²) in [5, 5.41) is 2.84. The quantitative estimate of drug-likeness (QED) is 0.637. The van der Waals surface area contributed by atoms with Crippen molar-refractivity contribution < 1.29 is 14.4 Å². The van der Waals surface area contributed by atoms with Gasteiger partial charge in [-0.25, -0.2) is 0 Å². The molecule has 3 N–H and O–H groups in total. The van der Waals surface area contributed by atoms with Crippen LogP contribution in [0, 0.1) is 5.92 Å². The minimum Gasteiger partial charge on any atom is -0.352 e. The Bertz CT molecular complexity index is 339. The number of rotatable bonds is 7. The van der Waals surface area contributed by atoms with Crippen molar-refractivity contribution in [2.24, 2.45) is 11.7 Å². The molecule has 0 spiro atoms. The van der Waals surface area contributed by atoms with E-state index in [1.54, 1.807) is 0 Å². The number of likely N-dealkylation sites (tertiary alicyclic amines) is 1. The van der Waals surface area contributed by atoms with Gasteiger partial charge in [0.05, 0.1) is 0 Å². The van der Waals surface area contributed by atoms with Gasteiger partial charge in [0.2, 0.25) is 17.7 Å². The molecule has 0 bridgehead atoms. The lowest BCUT2D eigenvalue weighted by atomic mass is 10.0. The molecule has 0 radical (unpaired) electrons. The van der Waals surface area contributed by atoms with Gasteiger partial charge in [-0.05, 0) is 12.3 Å². The summed E-state index contributed by atoms with van der Waals surface area (Å²) in [4.78, 5) is 35.7. The van der Waals surface area contributed by atoms with E-state index < -0.39 is 0 Å². The number of nitrogens with zero attached hydrogens (tertiary/aromatic N) is 1. The lowest BCUT2D eigenvalue weighted by molar-refractivity contribution is -0.138. The standard InChI is InChI=1S/C13H23N3O3/c1-9(2)7-10(8-14)15-11(17)5-6-16-12(18)3-4-13(16)19/h9-10H,3-8,14H2,1-2H3,(H,15,17). The van der Waals surface area contributed by atoms with Crippen LogP contribution in [-0.4, -0.2) is 41.8 Å². The van der Waals surface area contributed by atoms with Crippen LogP contribution < -0.4 is 11.1 Å². The third-order valence-corrected chi connectivity index (χ3v) is 3.12. The molecule has 1 atom stereocenters. The van der Waals surface area contributed by atoms with E-state index >= 15 is 0 Å². The zero-order chi connectivity index (χ0) is 14.4. The van der Waals surface area contributed by atoms with Crippen molar-refractivity contribution in [3.8, 4) is 0 Å². The van der Waals surface area contributed by atoms with E-state index in [4.69, 9.17) is 5.73 Å². The molecule has 19 heavy (non-hydrogen) atoms. The number of nitrogens with two attached hydrogens (primary N) is 1. The fourth-order valence-corrected chi connectivity index (χ4v) is 2.17. The predicted molar refractivity (Wildman–Crippen MR) is 71.0 cm³/mol. The maximum atomic E-state index is 11.7. The Morgan fingerprint density at radius 1 is 1.32 bits per heavy atom. The third kappa shape index (κ3) is 4.98. The van der Waals surface area contributed by atoms with Crippen molar-refractivity contribution >= 4 is 17.7 Å². The van der Waals surface area contributed by atoms with Crippen molar-refractivity contribution in [2.45, 2.75) is 45.6 Å². The molecule has 108 valence electrons. The summed E-state index contributed by atoms with van der Waals surface area (Å²) in [6.45, 7) is 4.70. The molecular weight excluding hydrogens is 246 g/mol. The number of amides is 3. The summed E-state index contributed by atoms with van der Waals surface area (Å²) in [5.74, 6) is -0.0788. The Kier molecular flexibility index (Phi) is 5.95. The summed E-state index contributed by atoms with van der Waals surface area (Å²) in [7, 11) is 0. The topological polar surface area (TPSA) is 92.5 Å². The second kappa shape index (κ2) is 7.23. The van der Waals surface area contributed by atoms with E-state index in [0.717, 1.165) is 6.42 Å². The molecule has 1 aliphatic heterocycles. The molecule has 6 heteroatoms. The SMILES string of the molecule is CC(C)CC(CN)NC(=O)CCN1C(=O)CCC1=O. The summed E-state index contributed by atoms with van der Waals surface area (Å²) in [6, 6.07) is -0.0440. The number of carbonyl (C=O) groups is 3. The van der Waals surface area contributed by atoms with Crippen molar-refractivity contribution in [1.82, 2.24) is 10.2 Å². The van der Waals surface area contributed by atoms with Gasteiger partial charge in [-0.15, -0.1) is 0 Å². The van der Waals surface area contributed by atoms with Crippen LogP contribution in [0.15, 0.2) is 0 Å². The number of carbonyl (C=O) groups excluding carboxylic acids is 3. The van der Waals surface area contributed by atoms with E-state index in [1.807, 2.05) is 0 Å². The molecule has 0 saturated carbocycles. The first kappa shape index (κ1) is 15.6. The highest BCUT2D eigenvalue weighted by atomic mass is 16.2. The number of hydrogen-bond acceptors (Lipinski definition) is 4. The number of imide groups is 1. The Morgan fingerprint density at radius 3 is 2.37 bits per heavy atom. The largest absolute Gasteiger partial charge is 0.352 e. The van der Waals surface area contributed by atoms with Gasteiger partial charge in [-0.1, -0.05) is 13.8 Å². The van der Waals surface area contributed by atoms with E-state index in [2.05, 4.69) is 19.2 Å². The van der Waals surface area contributed by atoms with Crippen LogP contribution in [0.1, 0.15) is 39.5 Å². The van der Waals surface area contributed by atoms with Crippen LogP contribution in [-0.2, 0) is 14.4 Å². The number of nitrogens with one attached hydrogen (secondary N) is 1. The van der Waals surface area contributed by atoms with Crippen LogP contribution in [0.4, 0.5) is 0 Å². The van der Waals surface area contributed by atoms with Crippen molar-refractivity contribution in [1.29, 1.82) is 0 Å². The maximum Gasteiger partial charge on any atom is 0.229 e. The van der Waals surface area contributed by atoms with Crippen molar-refractivity contribution in [2.75, 3.05) is 13.1 Å². The molecular formula is C13H23N3O3. The van der Waals surface area contributed by atoms with Crippen LogP contribution in [0.3, 0.4) is 0 Å². The van der Waals surface area contributed by atoms with Gasteiger partial charge in [0.1, 0.15) is 0 Å². The lowest BCUT2D eigenvalue weighted by Crippen LogP contribution is -2.42. The third-order valence-electron chi connectivity index (χ3n) is 3.12. The van der Waals surface area contributed by atoms with Crippen LogP contribution >= 0.6 is 0 Å². The van der Waals surface area contributed by atoms with E-state index in [1.165, 1.54) is 4.90 Å². The molecule has 1 saturated heterocycles. The average molecular weight is 269 g/mol. The molecule has 0 aliphatic carbocycles. The Morgan fingerprint density at radius 2 is 1.89 bits per heavy atom. The summed E-state index contributed by atoms with van der Waals surface area (Å²) in [5.41, 5.74) is 5.60. The fraction of sp³-hybridized carbons (Fsp3) is 0.769. The van der Waals surface area contributed by atoms with Gasteiger partial charge in [-0.3, -0.25) is 19.3 Å². The first-order valence-electron chi connectivity index (χ1n) is 6.76. The van der Waals surface area contributed by atoms with Crippen molar-refractivity contribution in [3.63, 3.8) is 0 Å². The number of hydrogen-bond donors (Lipinski definition) is 2. The Labute approximate surface area is 113 Å². The molecule has 1 rings (SSSR count). The summed E-state index contributed by atoms with van der Waals surface area (Å²) in [6.07, 6.45) is 1.49. The molecule has 1 heterocycles. The van der Waals surface area contributed by atoms with Gasteiger partial charge in [0, 0.05) is 38.4 Å². The Balaban J connectivity index is 2.34. The van der Waals surface area contributed by atoms with Gasteiger partial charge in [0.25, 0.3) is 0 Å². The second-order valence-electron chi connectivity index (χ2n) is 5.32. The molecule has 3 amide bonds. The minimum absolute atomic E-state index is 0.0440. The second-order valence-corrected chi connectivity index (χ2v) is 5.32. The predicted octanol–water partition coefficient (Wildman–Crippen LogP) is 0.0151. The van der Waals surface area contributed by atoms with E-state index in [9.17, 15) is 14.4 Å². The van der Waals surface area contributed by atoms with Crippen LogP contribution in [0.5, 0.6) is 0 Å². The Hall–Kier alpha value is -1.43. The van der Waals surface area contributed by atoms with Crippen LogP contribution in [0.25, 0.3) is 0 Å². The fourth-order valence-electron chi connectivity index (χ4n) is 2.17. The monoisotopic (exact) mass is 269 g/mol. The molecule has 1 aliphatic rings.